The van der Waals surface area contributed by atoms with Gasteiger partial charge in [-0.3, -0.25) is 0 Å². The average molecular weight is 343 g/mol. The van der Waals surface area contributed by atoms with Crippen molar-refractivity contribution in [2.45, 2.75) is 13.0 Å². The van der Waals surface area contributed by atoms with Crippen LogP contribution in [0, 0.1) is 0 Å². The van der Waals surface area contributed by atoms with E-state index < -0.39 is 0 Å². The van der Waals surface area contributed by atoms with Gasteiger partial charge in [0.1, 0.15) is 11.5 Å². The van der Waals surface area contributed by atoms with Gasteiger partial charge >= 0.3 is 0 Å². The van der Waals surface area contributed by atoms with Gasteiger partial charge < -0.3 is 19.6 Å². The molecule has 24 heavy (non-hydrogen) atoms. The highest BCUT2D eigenvalue weighted by molar-refractivity contribution is 6.32. The summed E-state index contributed by atoms with van der Waals surface area (Å²) < 4.78 is 5.49. The van der Waals surface area contributed by atoms with Crippen molar-refractivity contribution in [3.05, 3.63) is 58.7 Å². The van der Waals surface area contributed by atoms with Gasteiger partial charge in [-0.1, -0.05) is 35.0 Å². The summed E-state index contributed by atoms with van der Waals surface area (Å²) in [5.41, 5.74) is 3.38. The van der Waals surface area contributed by atoms with Crippen LogP contribution < -0.4 is 4.90 Å². The lowest BCUT2D eigenvalue weighted by atomic mass is 10.0. The Labute approximate surface area is 143 Å². The monoisotopic (exact) mass is 342 g/mol. The number of anilines is 1. The van der Waals surface area contributed by atoms with E-state index in [0.717, 1.165) is 29.9 Å². The van der Waals surface area contributed by atoms with Crippen LogP contribution in [0.25, 0.3) is 11.3 Å². The summed E-state index contributed by atoms with van der Waals surface area (Å²) in [5, 5.41) is 24.0. The van der Waals surface area contributed by atoms with E-state index in [0.29, 0.717) is 17.9 Å². The summed E-state index contributed by atoms with van der Waals surface area (Å²) in [7, 11) is 0. The maximum Gasteiger partial charge on any atom is 0.175 e. The molecule has 0 radical (unpaired) electrons. The lowest BCUT2D eigenvalue weighted by molar-refractivity contribution is 0.417. The van der Waals surface area contributed by atoms with Gasteiger partial charge in [0.25, 0.3) is 0 Å². The largest absolute Gasteiger partial charge is 0.507 e. The Kier molecular flexibility index (Phi) is 3.58. The number of aromatic hydroxyl groups is 2. The molecule has 2 aromatic carbocycles. The fourth-order valence-corrected chi connectivity index (χ4v) is 3.18. The highest BCUT2D eigenvalue weighted by Gasteiger charge is 2.26. The van der Waals surface area contributed by atoms with Gasteiger partial charge in [-0.2, -0.15) is 0 Å². The predicted molar refractivity (Wildman–Crippen MR) is 91.5 cm³/mol. The summed E-state index contributed by atoms with van der Waals surface area (Å²) in [6.45, 7) is 1.49. The van der Waals surface area contributed by atoms with Crippen LogP contribution in [0.4, 0.5) is 5.69 Å². The molecule has 1 aromatic heterocycles. The Morgan fingerprint density at radius 3 is 2.67 bits per heavy atom. The first-order chi connectivity index (χ1) is 11.6. The second-order valence-corrected chi connectivity index (χ2v) is 6.17. The van der Waals surface area contributed by atoms with Crippen LogP contribution in [0.2, 0.25) is 5.02 Å². The van der Waals surface area contributed by atoms with E-state index in [1.165, 1.54) is 12.1 Å². The first kappa shape index (κ1) is 14.9. The maximum absolute atomic E-state index is 10.2. The summed E-state index contributed by atoms with van der Waals surface area (Å²) in [6.07, 6.45) is 0.764. The Bertz CT molecular complexity index is 893. The molecule has 0 saturated heterocycles. The zero-order valence-electron chi connectivity index (χ0n) is 12.7. The molecule has 2 N–H and O–H groups in total. The summed E-state index contributed by atoms with van der Waals surface area (Å²) in [6, 6.07) is 12.8. The minimum absolute atomic E-state index is 0.0901. The van der Waals surface area contributed by atoms with Crippen LogP contribution in [0.3, 0.4) is 0 Å². The SMILES string of the molecule is Oc1cc(O)c(-c2onc3c2CN(c2ccccc2)CC3)cc1Cl. The number of hydrogen-bond acceptors (Lipinski definition) is 5. The van der Waals surface area contributed by atoms with Crippen LogP contribution >= 0.6 is 11.6 Å². The number of rotatable bonds is 2. The molecule has 5 nitrogen and oxygen atoms in total. The molecule has 0 fully saturated rings. The van der Waals surface area contributed by atoms with Gasteiger partial charge in [0.15, 0.2) is 5.76 Å². The highest BCUT2D eigenvalue weighted by atomic mass is 35.5. The van der Waals surface area contributed by atoms with Crippen LogP contribution in [-0.2, 0) is 13.0 Å². The van der Waals surface area contributed by atoms with Crippen LogP contribution in [0.15, 0.2) is 47.0 Å². The Morgan fingerprint density at radius 1 is 1.08 bits per heavy atom. The topological polar surface area (TPSA) is 69.7 Å². The average Bonchev–Trinajstić information content (AvgIpc) is 3.02. The molecular formula is C18H15ClN2O3. The molecule has 3 aromatic rings. The van der Waals surface area contributed by atoms with Crippen molar-refractivity contribution < 1.29 is 14.7 Å². The van der Waals surface area contributed by atoms with E-state index in [1.807, 2.05) is 18.2 Å². The van der Waals surface area contributed by atoms with Gasteiger partial charge in [0.2, 0.25) is 0 Å². The zero-order valence-corrected chi connectivity index (χ0v) is 13.5. The number of fused-ring (bicyclic) bond motifs is 1. The number of nitrogens with zero attached hydrogens (tertiary/aromatic N) is 2. The van der Waals surface area contributed by atoms with E-state index in [-0.39, 0.29) is 16.5 Å². The molecule has 0 aliphatic carbocycles. The van der Waals surface area contributed by atoms with E-state index >= 15 is 0 Å². The Morgan fingerprint density at radius 2 is 1.88 bits per heavy atom. The van der Waals surface area contributed by atoms with Gasteiger partial charge in [0.05, 0.1) is 16.3 Å². The quantitative estimate of drug-likeness (QED) is 0.737. The summed E-state index contributed by atoms with van der Waals surface area (Å²) >= 11 is 5.98. The van der Waals surface area contributed by atoms with Gasteiger partial charge in [-0.05, 0) is 18.2 Å². The van der Waals surface area contributed by atoms with Crippen molar-refractivity contribution in [3.8, 4) is 22.8 Å². The predicted octanol–water partition coefficient (Wildman–Crippen LogP) is 3.97. The normalized spacial score (nSPS) is 13.8. The highest BCUT2D eigenvalue weighted by Crippen LogP contribution is 2.40. The number of phenolic OH excluding ortho intramolecular Hbond substituents is 2. The minimum atomic E-state index is -0.169. The maximum atomic E-state index is 10.2. The summed E-state index contributed by atoms with van der Waals surface area (Å²) in [5.74, 6) is 0.231. The van der Waals surface area contributed by atoms with Crippen molar-refractivity contribution in [3.63, 3.8) is 0 Å². The Hall–Kier alpha value is -2.66. The van der Waals surface area contributed by atoms with Gasteiger partial charge in [-0.15, -0.1) is 0 Å². The Balaban J connectivity index is 1.75. The lowest BCUT2D eigenvalue weighted by Crippen LogP contribution is -2.30. The van der Waals surface area contributed by atoms with Gasteiger partial charge in [0, 0.05) is 36.8 Å². The summed E-state index contributed by atoms with van der Waals surface area (Å²) in [4.78, 5) is 2.24. The third-order valence-corrected chi connectivity index (χ3v) is 4.57. The number of hydrogen-bond donors (Lipinski definition) is 2. The third-order valence-electron chi connectivity index (χ3n) is 4.27. The molecule has 1 aliphatic rings. The molecule has 0 amide bonds. The standard InChI is InChI=1S/C18H15ClN2O3/c19-14-8-12(16(22)9-17(14)23)18-13-10-21(7-6-15(13)20-24-18)11-4-2-1-3-5-11/h1-5,8-9,22-23H,6-7,10H2. The number of phenols is 2. The smallest absolute Gasteiger partial charge is 0.175 e. The molecule has 0 bridgehead atoms. The number of aromatic nitrogens is 1. The molecule has 4 rings (SSSR count). The number of halogens is 1. The van der Waals surface area contributed by atoms with Crippen molar-refractivity contribution in [2.75, 3.05) is 11.4 Å². The molecule has 0 spiro atoms. The van der Waals surface area contributed by atoms with Crippen LogP contribution in [-0.4, -0.2) is 21.9 Å². The first-order valence-corrected chi connectivity index (χ1v) is 8.00. The fraction of sp³-hybridized carbons (Fsp3) is 0.167. The number of benzene rings is 2. The van der Waals surface area contributed by atoms with Crippen LogP contribution in [0.5, 0.6) is 11.5 Å². The van der Waals surface area contributed by atoms with Crippen molar-refractivity contribution >= 4 is 17.3 Å². The number of para-hydroxylation sites is 1. The molecule has 0 atom stereocenters. The molecule has 6 heteroatoms. The minimum Gasteiger partial charge on any atom is -0.507 e. The van der Waals surface area contributed by atoms with E-state index in [9.17, 15) is 10.2 Å². The van der Waals surface area contributed by atoms with Gasteiger partial charge in [-0.25, -0.2) is 0 Å². The second kappa shape index (κ2) is 5.76. The van der Waals surface area contributed by atoms with E-state index in [1.54, 1.807) is 0 Å². The lowest BCUT2D eigenvalue weighted by Gasteiger charge is -2.28. The van der Waals surface area contributed by atoms with Crippen LogP contribution in [0.1, 0.15) is 11.3 Å². The first-order valence-electron chi connectivity index (χ1n) is 7.63. The fourth-order valence-electron chi connectivity index (χ4n) is 3.02. The van der Waals surface area contributed by atoms with Crippen molar-refractivity contribution in [1.29, 1.82) is 0 Å². The molecule has 0 unspecified atom stereocenters. The molecule has 0 saturated carbocycles. The third kappa shape index (κ3) is 2.47. The molecule has 122 valence electrons. The van der Waals surface area contributed by atoms with E-state index in [4.69, 9.17) is 16.1 Å². The molecule has 1 aliphatic heterocycles. The van der Waals surface area contributed by atoms with E-state index in [2.05, 4.69) is 22.2 Å². The molecule has 2 heterocycles. The second-order valence-electron chi connectivity index (χ2n) is 5.76. The van der Waals surface area contributed by atoms with Crippen molar-refractivity contribution in [1.82, 2.24) is 5.16 Å². The zero-order chi connectivity index (χ0) is 16.7. The molecular weight excluding hydrogens is 328 g/mol. The van der Waals surface area contributed by atoms with Crippen molar-refractivity contribution in [2.24, 2.45) is 0 Å².